The normalized spacial score (nSPS) is 17.6. The molecule has 10 aromatic rings. The number of rotatable bonds is 26. The molecule has 0 radical (unpaired) electrons. The SMILES string of the molecule is CC(C)[C@@H](C(=O)N1CCC[C@H]1c1ncc(-c2ccc(-c3ccc(N4C[C@H](Cn5cc(COCc6ccccc6)nn5)OC4=O)cc3F)cc2)[nH]1)N(C)C(=O)O.CC(C)[C@H](NC(=O)O)C(=O)N1CCC[C@H]1c1ncc(-c2ccc(-c3ccc(N4C[C@H](Cn5cc(COCc6ccccc6)nn5)OC4=O)cc3F)cc2)[nH]1. The number of benzene rings is 6. The van der Waals surface area contributed by atoms with E-state index in [4.69, 9.17) is 18.9 Å². The van der Waals surface area contributed by atoms with Crippen LogP contribution in [0.1, 0.15) is 99.6 Å². The average Bonchev–Trinajstić information content (AvgIpc) is 1.72. The summed E-state index contributed by atoms with van der Waals surface area (Å²) in [6.45, 7) is 10.8. The van der Waals surface area contributed by atoms with Gasteiger partial charge in [-0.15, -0.1) is 10.2 Å². The van der Waals surface area contributed by atoms with Crippen LogP contribution in [0.3, 0.4) is 0 Å². The zero-order valence-electron chi connectivity index (χ0n) is 60.7. The number of carboxylic acid groups (broad SMARTS) is 2. The summed E-state index contributed by atoms with van der Waals surface area (Å²) < 4.78 is 57.0. The van der Waals surface area contributed by atoms with Gasteiger partial charge in [0.05, 0.1) is 112 Å². The van der Waals surface area contributed by atoms with Gasteiger partial charge >= 0.3 is 24.4 Å². The van der Waals surface area contributed by atoms with Gasteiger partial charge in [-0.1, -0.05) is 147 Å². The number of carbonyl (C=O) groups is 6. The number of amides is 6. The molecule has 0 unspecified atom stereocenters. The second-order valence-corrected chi connectivity index (χ2v) is 28.0. The molecule has 4 saturated heterocycles. The third-order valence-corrected chi connectivity index (χ3v) is 19.7. The van der Waals surface area contributed by atoms with Gasteiger partial charge in [-0.2, -0.15) is 0 Å². The Bertz CT molecular complexity index is 4840. The van der Waals surface area contributed by atoms with Crippen LogP contribution in [0.2, 0.25) is 0 Å². The number of aromatic amines is 2. The standard InChI is InChI=1S/C40H43FN8O6.C39H41FN8O6/c1-25(2)36(46(3)39(51)52)38(50)48-17-7-10-35(48)37-42-19-34(43-37)28-13-11-27(12-14-28)32-16-15-30(18-33(32)41)49-22-31(55-40(49)53)21-47-20-29(44-45-47)24-54-23-26-8-5-4-6-9-26;1-24(2)35(43-38(50)51)37(49)47-16-6-9-34(47)36-41-18-33(42-36)27-12-10-26(11-13-27)31-15-14-29(17-32(31)40)48-21-30(54-39(48)52)20-46-19-28(44-45-46)23-53-22-25-7-4-3-5-8-25/h4-6,8-9,11-16,18-20,25,31,35-36H,7,10,17,21-24H2,1-3H3,(H,42,43)(H,51,52);3-5,7-8,10-15,17-19,24,30,34-35,43H,6,9,16,20-23H2,1-2H3,(H,41,42)(H,50,51)/t31-,35-,36-;30-,34-,35-/m00/s1. The maximum Gasteiger partial charge on any atom is 0.414 e. The summed E-state index contributed by atoms with van der Waals surface area (Å²) in [4.78, 5) is 98.7. The summed E-state index contributed by atoms with van der Waals surface area (Å²) in [6, 6.07) is 41.4. The first-order chi connectivity index (χ1) is 52.7. The number of carbonyl (C=O) groups excluding carboxylic acids is 4. The number of anilines is 2. The van der Waals surface area contributed by atoms with E-state index >= 15 is 8.78 Å². The first-order valence-corrected chi connectivity index (χ1v) is 36.1. The number of hydrogen-bond donors (Lipinski definition) is 5. The van der Waals surface area contributed by atoms with Crippen LogP contribution >= 0.6 is 0 Å². The van der Waals surface area contributed by atoms with Gasteiger partial charge in [-0.3, -0.25) is 24.3 Å². The highest BCUT2D eigenvalue weighted by Crippen LogP contribution is 2.38. The van der Waals surface area contributed by atoms with E-state index in [2.05, 4.69) is 45.9 Å². The van der Waals surface area contributed by atoms with Crippen LogP contribution in [0.5, 0.6) is 0 Å². The highest BCUT2D eigenvalue weighted by Gasteiger charge is 2.41. The average molecular weight is 1490 g/mol. The van der Waals surface area contributed by atoms with Crippen LogP contribution in [-0.4, -0.2) is 169 Å². The lowest BCUT2D eigenvalue weighted by atomic mass is 10.0. The van der Waals surface area contributed by atoms with Crippen molar-refractivity contribution in [2.75, 3.05) is 43.0 Å². The molecule has 4 aliphatic rings. The lowest BCUT2D eigenvalue weighted by Gasteiger charge is -2.33. The minimum atomic E-state index is -1.24. The van der Waals surface area contributed by atoms with Crippen LogP contribution in [0.4, 0.5) is 39.3 Å². The molecular weight excluding hydrogens is 1400 g/mol. The lowest BCUT2D eigenvalue weighted by Crippen LogP contribution is -2.51. The van der Waals surface area contributed by atoms with Crippen molar-refractivity contribution in [1.29, 1.82) is 0 Å². The van der Waals surface area contributed by atoms with Gasteiger partial charge in [0, 0.05) is 31.3 Å². The van der Waals surface area contributed by atoms with Crippen LogP contribution in [0.15, 0.2) is 170 Å². The van der Waals surface area contributed by atoms with Gasteiger partial charge in [0.1, 0.15) is 59.0 Å². The van der Waals surface area contributed by atoms with Gasteiger partial charge in [-0.25, -0.2) is 47.3 Å². The van der Waals surface area contributed by atoms with E-state index in [1.807, 2.05) is 123 Å². The van der Waals surface area contributed by atoms with E-state index in [-0.39, 0.29) is 48.8 Å². The minimum absolute atomic E-state index is 0.201. The number of aromatic nitrogens is 10. The van der Waals surface area contributed by atoms with Gasteiger partial charge < -0.3 is 54.2 Å². The maximum absolute atomic E-state index is 15.6. The zero-order chi connectivity index (χ0) is 76.4. The summed E-state index contributed by atoms with van der Waals surface area (Å²) in [7, 11) is 1.42. The number of hydrogen-bond acceptors (Lipinski definition) is 16. The molecule has 6 aromatic carbocycles. The predicted molar refractivity (Wildman–Crippen MR) is 396 cm³/mol. The molecule has 5 N–H and O–H groups in total. The molecule has 6 amide bonds. The van der Waals surface area contributed by atoms with E-state index in [0.717, 1.165) is 51.4 Å². The maximum atomic E-state index is 15.6. The van der Waals surface area contributed by atoms with Crippen LogP contribution in [0, 0.1) is 23.5 Å². The van der Waals surface area contributed by atoms with E-state index < -0.39 is 60.3 Å². The molecule has 4 aromatic heterocycles. The number of cyclic esters (lactones) is 2. The molecule has 6 atom stereocenters. The summed E-state index contributed by atoms with van der Waals surface area (Å²) in [5.41, 5.74) is 9.38. The van der Waals surface area contributed by atoms with Crippen molar-refractivity contribution in [3.63, 3.8) is 0 Å². The number of likely N-dealkylation sites (tertiary alicyclic amines) is 2. The first kappa shape index (κ1) is 75.1. The Morgan fingerprint density at radius 1 is 0.578 bits per heavy atom. The Labute approximate surface area is 626 Å². The number of likely N-dealkylation sites (N-methyl/N-ethyl adjacent to an activating group) is 1. The Hall–Kier alpha value is -12.2. The molecule has 0 spiro atoms. The molecular formula is C79H84F2N16O12. The van der Waals surface area contributed by atoms with Crippen molar-refractivity contribution < 1.29 is 66.7 Å². The fourth-order valence-electron chi connectivity index (χ4n) is 14.2. The highest BCUT2D eigenvalue weighted by atomic mass is 19.1. The molecule has 28 nitrogen and oxygen atoms in total. The largest absolute Gasteiger partial charge is 0.465 e. The topological polar surface area (TPSA) is 327 Å². The van der Waals surface area contributed by atoms with E-state index in [1.165, 1.54) is 29.0 Å². The van der Waals surface area contributed by atoms with Crippen LogP contribution in [-0.2, 0) is 68.1 Å². The number of ether oxygens (including phenoxy) is 4. The molecule has 0 aliphatic carbocycles. The van der Waals surface area contributed by atoms with Crippen molar-refractivity contribution in [3.8, 4) is 44.8 Å². The minimum Gasteiger partial charge on any atom is -0.465 e. The predicted octanol–water partition coefficient (Wildman–Crippen LogP) is 12.7. The van der Waals surface area contributed by atoms with Gasteiger partial charge in [-0.05, 0) is 107 Å². The second-order valence-electron chi connectivity index (χ2n) is 28.0. The van der Waals surface area contributed by atoms with E-state index in [0.29, 0.717) is 122 Å². The van der Waals surface area contributed by atoms with Crippen molar-refractivity contribution in [1.82, 2.24) is 69.9 Å². The van der Waals surface area contributed by atoms with Crippen molar-refractivity contribution in [2.24, 2.45) is 11.8 Å². The Balaban J connectivity index is 0.000000192. The highest BCUT2D eigenvalue weighted by molar-refractivity contribution is 5.92. The monoisotopic (exact) mass is 1490 g/mol. The number of imidazole rings is 2. The summed E-state index contributed by atoms with van der Waals surface area (Å²) in [5, 5.41) is 37.8. The summed E-state index contributed by atoms with van der Waals surface area (Å²) in [5.74, 6) is -0.639. The van der Waals surface area contributed by atoms with Crippen molar-refractivity contribution in [3.05, 3.63) is 216 Å². The second kappa shape index (κ2) is 33.7. The first-order valence-electron chi connectivity index (χ1n) is 36.1. The molecule has 4 aliphatic heterocycles. The Morgan fingerprint density at radius 3 is 1.41 bits per heavy atom. The molecule has 4 fully saturated rings. The molecule has 109 heavy (non-hydrogen) atoms. The van der Waals surface area contributed by atoms with E-state index in [1.54, 1.807) is 82.1 Å². The summed E-state index contributed by atoms with van der Waals surface area (Å²) in [6.07, 6.45) is 5.36. The van der Waals surface area contributed by atoms with Crippen molar-refractivity contribution >= 4 is 47.6 Å². The third kappa shape index (κ3) is 17.8. The van der Waals surface area contributed by atoms with Crippen LogP contribution in [0.25, 0.3) is 44.8 Å². The molecule has 566 valence electrons. The third-order valence-electron chi connectivity index (χ3n) is 19.7. The zero-order valence-corrected chi connectivity index (χ0v) is 60.7. The Morgan fingerprint density at radius 2 is 1.01 bits per heavy atom. The van der Waals surface area contributed by atoms with Crippen molar-refractivity contribution in [2.45, 2.75) is 129 Å². The number of H-pyrrole nitrogens is 2. The number of halogens is 2. The molecule has 30 heteroatoms. The van der Waals surface area contributed by atoms with Crippen LogP contribution < -0.4 is 15.1 Å². The summed E-state index contributed by atoms with van der Waals surface area (Å²) >= 11 is 0. The lowest BCUT2D eigenvalue weighted by molar-refractivity contribution is -0.138. The Kier molecular flexibility index (Phi) is 23.2. The number of nitrogens with one attached hydrogen (secondary N) is 3. The molecule has 0 bridgehead atoms. The van der Waals surface area contributed by atoms with Gasteiger partial charge in [0.25, 0.3) is 0 Å². The van der Waals surface area contributed by atoms with Gasteiger partial charge in [0.2, 0.25) is 11.8 Å². The number of nitrogens with zero attached hydrogens (tertiary/aromatic N) is 13. The smallest absolute Gasteiger partial charge is 0.414 e. The van der Waals surface area contributed by atoms with E-state index in [9.17, 15) is 39.0 Å². The molecule has 8 heterocycles. The quantitative estimate of drug-likeness (QED) is 0.0336. The fourth-order valence-corrected chi connectivity index (χ4v) is 14.2. The van der Waals surface area contributed by atoms with Gasteiger partial charge in [0.15, 0.2) is 0 Å². The fraction of sp³-hybridized carbons (Fsp3) is 0.342. The molecule has 14 rings (SSSR count). The molecule has 0 saturated carbocycles.